The zero-order valence-corrected chi connectivity index (χ0v) is 19.8. The third kappa shape index (κ3) is 4.66. The number of urea groups is 1. The highest BCUT2D eigenvalue weighted by atomic mass is 19.1. The quantitative estimate of drug-likeness (QED) is 0.511. The van der Waals surface area contributed by atoms with Crippen molar-refractivity contribution in [3.63, 3.8) is 0 Å². The summed E-state index contributed by atoms with van der Waals surface area (Å²) in [5.74, 6) is -4.29. The second kappa shape index (κ2) is 10.4. The molecule has 1 aliphatic heterocycles. The van der Waals surface area contributed by atoms with Crippen LogP contribution in [0.2, 0.25) is 0 Å². The van der Waals surface area contributed by atoms with E-state index in [1.807, 2.05) is 0 Å². The Balaban J connectivity index is 1.77. The summed E-state index contributed by atoms with van der Waals surface area (Å²) < 4.78 is 49.4. The standard InChI is InChI=1S/C27H26F3N3O3/c1-16-24(18-10-6-13-23(36-2)25(18)30)26(34)33(15-22(31)17-8-4-3-5-9-17)27(35)32(16)14-19-20(28)11-7-12-21(19)29/h3-13,16,22,24H,14-15,31H2,1-2H3/t16?,22-,24?/m0/s1. The Kier molecular flexibility index (Phi) is 7.30. The van der Waals surface area contributed by atoms with Gasteiger partial charge < -0.3 is 15.4 Å². The maximum Gasteiger partial charge on any atom is 0.327 e. The van der Waals surface area contributed by atoms with Crippen molar-refractivity contribution in [3.05, 3.63) is 101 Å². The van der Waals surface area contributed by atoms with E-state index < -0.39 is 53.9 Å². The van der Waals surface area contributed by atoms with Gasteiger partial charge >= 0.3 is 6.03 Å². The molecule has 2 N–H and O–H groups in total. The van der Waals surface area contributed by atoms with Gasteiger partial charge in [0.1, 0.15) is 11.6 Å². The fourth-order valence-corrected chi connectivity index (χ4v) is 4.53. The lowest BCUT2D eigenvalue weighted by atomic mass is 9.87. The maximum atomic E-state index is 15.3. The van der Waals surface area contributed by atoms with Gasteiger partial charge in [0.25, 0.3) is 0 Å². The summed E-state index contributed by atoms with van der Waals surface area (Å²) >= 11 is 0. The molecule has 3 amide bonds. The van der Waals surface area contributed by atoms with Crippen molar-refractivity contribution >= 4 is 11.9 Å². The van der Waals surface area contributed by atoms with Crippen LogP contribution >= 0.6 is 0 Å². The summed E-state index contributed by atoms with van der Waals surface area (Å²) in [5, 5.41) is 0. The summed E-state index contributed by atoms with van der Waals surface area (Å²) in [7, 11) is 1.30. The number of benzene rings is 3. The zero-order chi connectivity index (χ0) is 26.0. The van der Waals surface area contributed by atoms with Gasteiger partial charge in [-0.3, -0.25) is 9.69 Å². The highest BCUT2D eigenvalue weighted by Crippen LogP contribution is 2.37. The molecule has 1 heterocycles. The zero-order valence-electron chi connectivity index (χ0n) is 19.8. The lowest BCUT2D eigenvalue weighted by Gasteiger charge is -2.44. The molecule has 0 aromatic heterocycles. The minimum atomic E-state index is -1.16. The second-order valence-corrected chi connectivity index (χ2v) is 8.66. The highest BCUT2D eigenvalue weighted by molar-refractivity contribution is 6.01. The molecule has 1 fully saturated rings. The summed E-state index contributed by atoms with van der Waals surface area (Å²) in [6.07, 6.45) is 0. The van der Waals surface area contributed by atoms with Crippen molar-refractivity contribution < 1.29 is 27.5 Å². The molecule has 4 rings (SSSR count). The number of halogens is 3. The number of amides is 3. The average molecular weight is 498 g/mol. The van der Waals surface area contributed by atoms with Gasteiger partial charge in [0.05, 0.1) is 19.6 Å². The summed E-state index contributed by atoms with van der Waals surface area (Å²) in [5.41, 5.74) is 6.68. The fraction of sp³-hybridized carbons (Fsp3) is 0.259. The number of carbonyl (C=O) groups excluding carboxylic acids is 2. The molecule has 36 heavy (non-hydrogen) atoms. The van der Waals surface area contributed by atoms with E-state index in [2.05, 4.69) is 0 Å². The highest BCUT2D eigenvalue weighted by Gasteiger charge is 2.46. The van der Waals surface area contributed by atoms with Crippen LogP contribution in [0.1, 0.15) is 35.6 Å². The Bertz CT molecular complexity index is 1250. The fourth-order valence-electron chi connectivity index (χ4n) is 4.53. The maximum absolute atomic E-state index is 15.3. The molecule has 1 saturated heterocycles. The molecule has 0 radical (unpaired) electrons. The molecule has 6 nitrogen and oxygen atoms in total. The number of nitrogens with two attached hydrogens (primary N) is 1. The predicted molar refractivity (Wildman–Crippen MR) is 128 cm³/mol. The predicted octanol–water partition coefficient (Wildman–Crippen LogP) is 4.75. The van der Waals surface area contributed by atoms with Crippen molar-refractivity contribution in [1.29, 1.82) is 0 Å². The van der Waals surface area contributed by atoms with E-state index in [1.54, 1.807) is 37.3 Å². The number of rotatable bonds is 7. The van der Waals surface area contributed by atoms with Crippen LogP contribution in [0.5, 0.6) is 5.75 Å². The molecule has 0 spiro atoms. The molecule has 0 aliphatic carbocycles. The molecule has 3 aromatic rings. The summed E-state index contributed by atoms with van der Waals surface area (Å²) in [4.78, 5) is 29.3. The first-order chi connectivity index (χ1) is 17.2. The lowest BCUT2D eigenvalue weighted by molar-refractivity contribution is -0.135. The van der Waals surface area contributed by atoms with Crippen LogP contribution in [-0.2, 0) is 11.3 Å². The molecular formula is C27H26F3N3O3. The van der Waals surface area contributed by atoms with Crippen LogP contribution in [0, 0.1) is 17.5 Å². The van der Waals surface area contributed by atoms with E-state index in [1.165, 1.54) is 36.3 Å². The minimum Gasteiger partial charge on any atom is -0.494 e. The molecule has 1 aliphatic rings. The molecule has 3 atom stereocenters. The van der Waals surface area contributed by atoms with Gasteiger partial charge in [0, 0.05) is 29.8 Å². The van der Waals surface area contributed by atoms with E-state index >= 15 is 4.39 Å². The van der Waals surface area contributed by atoms with Crippen LogP contribution in [0.15, 0.2) is 66.7 Å². The minimum absolute atomic E-state index is 0.0108. The van der Waals surface area contributed by atoms with E-state index in [0.717, 1.165) is 17.0 Å². The first-order valence-electron chi connectivity index (χ1n) is 11.4. The number of hydrogen-bond donors (Lipinski definition) is 1. The lowest BCUT2D eigenvalue weighted by Crippen LogP contribution is -2.60. The Morgan fingerprint density at radius 3 is 2.22 bits per heavy atom. The Hall–Kier alpha value is -3.85. The van der Waals surface area contributed by atoms with Crippen LogP contribution in [0.3, 0.4) is 0 Å². The summed E-state index contributed by atoms with van der Waals surface area (Å²) in [6, 6.07) is 14.3. The van der Waals surface area contributed by atoms with E-state index in [0.29, 0.717) is 5.56 Å². The largest absolute Gasteiger partial charge is 0.494 e. The number of nitrogens with zero attached hydrogens (tertiary/aromatic N) is 2. The van der Waals surface area contributed by atoms with Gasteiger partial charge in [-0.2, -0.15) is 0 Å². The van der Waals surface area contributed by atoms with Gasteiger partial charge in [-0.25, -0.2) is 18.0 Å². The van der Waals surface area contributed by atoms with Crippen LogP contribution in [0.25, 0.3) is 0 Å². The number of ether oxygens (including phenoxy) is 1. The summed E-state index contributed by atoms with van der Waals surface area (Å²) in [6.45, 7) is 0.893. The molecule has 9 heteroatoms. The number of carbonyl (C=O) groups is 2. The van der Waals surface area contributed by atoms with E-state index in [9.17, 15) is 18.4 Å². The van der Waals surface area contributed by atoms with Crippen molar-refractivity contribution in [3.8, 4) is 5.75 Å². The van der Waals surface area contributed by atoms with Crippen molar-refractivity contribution in [2.24, 2.45) is 5.73 Å². The molecular weight excluding hydrogens is 471 g/mol. The molecule has 0 bridgehead atoms. The van der Waals surface area contributed by atoms with Gasteiger partial charge in [0.15, 0.2) is 11.6 Å². The normalized spacial score (nSPS) is 18.9. The first kappa shape index (κ1) is 25.2. The number of imide groups is 1. The van der Waals surface area contributed by atoms with Gasteiger partial charge in [-0.05, 0) is 30.7 Å². The van der Waals surface area contributed by atoms with Gasteiger partial charge in [-0.1, -0.05) is 48.5 Å². The smallest absolute Gasteiger partial charge is 0.327 e. The Morgan fingerprint density at radius 1 is 0.944 bits per heavy atom. The molecule has 2 unspecified atom stereocenters. The van der Waals surface area contributed by atoms with Gasteiger partial charge in [-0.15, -0.1) is 0 Å². The number of methoxy groups -OCH3 is 1. The third-order valence-corrected chi connectivity index (χ3v) is 6.53. The van der Waals surface area contributed by atoms with Crippen LogP contribution in [-0.4, -0.2) is 41.4 Å². The average Bonchev–Trinajstić information content (AvgIpc) is 2.87. The Labute approximate surface area is 207 Å². The monoisotopic (exact) mass is 497 g/mol. The molecule has 3 aromatic carbocycles. The van der Waals surface area contributed by atoms with Crippen molar-refractivity contribution in [1.82, 2.24) is 9.80 Å². The second-order valence-electron chi connectivity index (χ2n) is 8.66. The molecule has 188 valence electrons. The first-order valence-corrected chi connectivity index (χ1v) is 11.4. The van der Waals surface area contributed by atoms with Crippen molar-refractivity contribution in [2.75, 3.05) is 13.7 Å². The van der Waals surface area contributed by atoms with Crippen LogP contribution in [0.4, 0.5) is 18.0 Å². The van der Waals surface area contributed by atoms with Gasteiger partial charge in [0.2, 0.25) is 5.91 Å². The van der Waals surface area contributed by atoms with Crippen molar-refractivity contribution in [2.45, 2.75) is 31.5 Å². The Morgan fingerprint density at radius 2 is 1.58 bits per heavy atom. The van der Waals surface area contributed by atoms with E-state index in [4.69, 9.17) is 10.5 Å². The number of hydrogen-bond acceptors (Lipinski definition) is 4. The topological polar surface area (TPSA) is 75.9 Å². The SMILES string of the molecule is COc1cccc(C2C(=O)N(C[C@H](N)c3ccccc3)C(=O)N(Cc3c(F)cccc3F)C2C)c1F. The van der Waals surface area contributed by atoms with E-state index in [-0.39, 0.29) is 23.4 Å². The van der Waals surface area contributed by atoms with Crippen LogP contribution < -0.4 is 10.5 Å². The third-order valence-electron chi connectivity index (χ3n) is 6.53. The molecule has 0 saturated carbocycles.